The van der Waals surface area contributed by atoms with Gasteiger partial charge in [0.15, 0.2) is 11.5 Å². The molecule has 1 fully saturated rings. The van der Waals surface area contributed by atoms with E-state index in [1.807, 2.05) is 24.3 Å². The number of carbonyl (C=O) groups is 1. The average molecular weight is 457 g/mol. The largest absolute Gasteiger partial charge is 0.497 e. The molecule has 0 bridgehead atoms. The number of hydrogen-bond acceptors (Lipinski definition) is 7. The molecule has 0 aromatic heterocycles. The number of fused-ring (bicyclic) bond motifs is 1. The third-order valence-electron chi connectivity index (χ3n) is 5.95. The number of aliphatic hydroxyl groups is 1. The first-order valence-corrected chi connectivity index (χ1v) is 11.5. The lowest BCUT2D eigenvalue weighted by molar-refractivity contribution is -0.123. The quantitative estimate of drug-likeness (QED) is 0.568. The first kappa shape index (κ1) is 23.2. The predicted octanol–water partition coefficient (Wildman–Crippen LogP) is 2.55. The number of benzene rings is 2. The Kier molecular flexibility index (Phi) is 7.91. The molecule has 2 aliphatic heterocycles. The molecular formula is C25H32N2O6. The highest BCUT2D eigenvalue weighted by Gasteiger charge is 2.27. The molecule has 0 aliphatic carbocycles. The first-order valence-electron chi connectivity index (χ1n) is 11.5. The maximum absolute atomic E-state index is 12.7. The van der Waals surface area contributed by atoms with E-state index < -0.39 is 12.1 Å². The Labute approximate surface area is 194 Å². The van der Waals surface area contributed by atoms with Gasteiger partial charge in [0.25, 0.3) is 0 Å². The molecule has 2 aliphatic rings. The fourth-order valence-electron chi connectivity index (χ4n) is 4.16. The predicted molar refractivity (Wildman–Crippen MR) is 123 cm³/mol. The summed E-state index contributed by atoms with van der Waals surface area (Å²) in [6, 6.07) is 12.2. The smallest absolute Gasteiger partial charge is 0.223 e. The Balaban J connectivity index is 1.36. The minimum Gasteiger partial charge on any atom is -0.497 e. The molecule has 8 nitrogen and oxygen atoms in total. The minimum atomic E-state index is -0.868. The summed E-state index contributed by atoms with van der Waals surface area (Å²) in [5.41, 5.74) is 0.693. The van der Waals surface area contributed by atoms with Gasteiger partial charge in [-0.1, -0.05) is 6.07 Å². The van der Waals surface area contributed by atoms with Crippen LogP contribution in [0.1, 0.15) is 30.9 Å². The second kappa shape index (κ2) is 11.2. The minimum absolute atomic E-state index is 0.163. The number of aliphatic hydroxyl groups excluding tert-OH is 1. The molecule has 1 unspecified atom stereocenters. The van der Waals surface area contributed by atoms with E-state index in [2.05, 4.69) is 10.2 Å². The van der Waals surface area contributed by atoms with E-state index in [1.54, 1.807) is 25.3 Å². The molecule has 2 N–H and O–H groups in total. The zero-order chi connectivity index (χ0) is 23.0. The monoisotopic (exact) mass is 456 g/mol. The number of amides is 1. The van der Waals surface area contributed by atoms with Crippen LogP contribution in [0, 0.1) is 0 Å². The van der Waals surface area contributed by atoms with Gasteiger partial charge in [-0.3, -0.25) is 4.79 Å². The average Bonchev–Trinajstić information content (AvgIpc) is 3.36. The molecule has 2 heterocycles. The van der Waals surface area contributed by atoms with Crippen molar-refractivity contribution < 1.29 is 28.8 Å². The summed E-state index contributed by atoms with van der Waals surface area (Å²) in [6.07, 6.45) is 1.59. The molecule has 2 atom stereocenters. The molecule has 1 amide bonds. The van der Waals surface area contributed by atoms with Crippen LogP contribution in [0.25, 0.3) is 0 Å². The van der Waals surface area contributed by atoms with E-state index in [1.165, 1.54) is 0 Å². The summed E-state index contributed by atoms with van der Waals surface area (Å²) >= 11 is 0. The van der Waals surface area contributed by atoms with Gasteiger partial charge < -0.3 is 34.3 Å². The number of nitrogens with one attached hydrogen (secondary N) is 1. The molecule has 4 rings (SSSR count). The van der Waals surface area contributed by atoms with Crippen LogP contribution in [0.5, 0.6) is 23.0 Å². The summed E-state index contributed by atoms with van der Waals surface area (Å²) in [4.78, 5) is 15.0. The van der Waals surface area contributed by atoms with Gasteiger partial charge in [-0.25, -0.2) is 0 Å². The van der Waals surface area contributed by atoms with Gasteiger partial charge >= 0.3 is 0 Å². The van der Waals surface area contributed by atoms with Crippen LogP contribution in [-0.4, -0.2) is 68.5 Å². The lowest BCUT2D eigenvalue weighted by Crippen LogP contribution is -2.47. The molecule has 1 saturated heterocycles. The fourth-order valence-corrected chi connectivity index (χ4v) is 4.16. The van der Waals surface area contributed by atoms with Crippen molar-refractivity contribution in [3.8, 4) is 23.0 Å². The van der Waals surface area contributed by atoms with Gasteiger partial charge in [0.2, 0.25) is 5.91 Å². The van der Waals surface area contributed by atoms with E-state index in [4.69, 9.17) is 18.9 Å². The van der Waals surface area contributed by atoms with Crippen LogP contribution >= 0.6 is 0 Å². The van der Waals surface area contributed by atoms with Crippen LogP contribution < -0.4 is 24.3 Å². The second-order valence-corrected chi connectivity index (χ2v) is 8.30. The van der Waals surface area contributed by atoms with Crippen molar-refractivity contribution in [2.24, 2.45) is 0 Å². The molecule has 2 aromatic rings. The van der Waals surface area contributed by atoms with Crippen LogP contribution in [-0.2, 0) is 4.79 Å². The molecule has 0 saturated carbocycles. The molecule has 178 valence electrons. The maximum atomic E-state index is 12.7. The van der Waals surface area contributed by atoms with Gasteiger partial charge in [0.1, 0.15) is 30.8 Å². The SMILES string of the molecule is COc1ccc(OCCC(=O)N[C@H](CN2CCCC2)C(O)c2ccc3c(c2)OCCO3)cc1. The summed E-state index contributed by atoms with van der Waals surface area (Å²) in [7, 11) is 1.61. The van der Waals surface area contributed by atoms with Crippen LogP contribution in [0.15, 0.2) is 42.5 Å². The number of ether oxygens (including phenoxy) is 4. The Hall–Kier alpha value is -2.97. The number of nitrogens with zero attached hydrogens (tertiary/aromatic N) is 1. The Morgan fingerprint density at radius 1 is 1.06 bits per heavy atom. The normalized spacial score (nSPS) is 17.3. The highest BCUT2D eigenvalue weighted by Crippen LogP contribution is 2.33. The Morgan fingerprint density at radius 2 is 1.76 bits per heavy atom. The van der Waals surface area contributed by atoms with Crippen LogP contribution in [0.2, 0.25) is 0 Å². The summed E-state index contributed by atoms with van der Waals surface area (Å²) in [5, 5.41) is 14.2. The van der Waals surface area contributed by atoms with E-state index in [9.17, 15) is 9.90 Å². The topological polar surface area (TPSA) is 89.5 Å². The van der Waals surface area contributed by atoms with E-state index in [-0.39, 0.29) is 18.9 Å². The highest BCUT2D eigenvalue weighted by molar-refractivity contribution is 5.76. The lowest BCUT2D eigenvalue weighted by atomic mass is 10.0. The van der Waals surface area contributed by atoms with Crippen molar-refractivity contribution in [2.45, 2.75) is 31.4 Å². The number of methoxy groups -OCH3 is 1. The molecule has 2 aromatic carbocycles. The summed E-state index contributed by atoms with van der Waals surface area (Å²) in [6.45, 7) is 3.77. The number of carbonyl (C=O) groups excluding carboxylic acids is 1. The van der Waals surface area contributed by atoms with Crippen molar-refractivity contribution in [3.63, 3.8) is 0 Å². The summed E-state index contributed by atoms with van der Waals surface area (Å²) < 4.78 is 22.1. The molecular weight excluding hydrogens is 424 g/mol. The highest BCUT2D eigenvalue weighted by atomic mass is 16.6. The standard InChI is InChI=1S/C25H32N2O6/c1-30-19-5-7-20(8-6-19)31-13-10-24(28)26-21(17-27-11-2-3-12-27)25(29)18-4-9-22-23(16-18)33-15-14-32-22/h4-9,16,21,25,29H,2-3,10-15,17H2,1H3,(H,26,28)/t21-,25?/m1/s1. The van der Waals surface area contributed by atoms with Gasteiger partial charge in [0.05, 0.1) is 26.2 Å². The second-order valence-electron chi connectivity index (χ2n) is 8.30. The van der Waals surface area contributed by atoms with E-state index in [0.717, 1.165) is 31.7 Å². The maximum Gasteiger partial charge on any atom is 0.223 e. The number of rotatable bonds is 10. The van der Waals surface area contributed by atoms with E-state index >= 15 is 0 Å². The van der Waals surface area contributed by atoms with Crippen molar-refractivity contribution in [2.75, 3.05) is 46.6 Å². The van der Waals surface area contributed by atoms with Gasteiger partial charge in [-0.05, 0) is 67.9 Å². The summed E-state index contributed by atoms with van der Waals surface area (Å²) in [5.74, 6) is 2.56. The zero-order valence-corrected chi connectivity index (χ0v) is 19.0. The molecule has 8 heteroatoms. The number of likely N-dealkylation sites (tertiary alicyclic amines) is 1. The van der Waals surface area contributed by atoms with Crippen LogP contribution in [0.3, 0.4) is 0 Å². The van der Waals surface area contributed by atoms with Crippen molar-refractivity contribution in [3.05, 3.63) is 48.0 Å². The zero-order valence-electron chi connectivity index (χ0n) is 19.0. The van der Waals surface area contributed by atoms with Crippen LogP contribution in [0.4, 0.5) is 0 Å². The molecule has 33 heavy (non-hydrogen) atoms. The van der Waals surface area contributed by atoms with Crippen molar-refractivity contribution in [1.82, 2.24) is 10.2 Å². The first-order chi connectivity index (χ1) is 16.1. The molecule has 0 radical (unpaired) electrons. The van der Waals surface area contributed by atoms with Gasteiger partial charge in [0, 0.05) is 6.54 Å². The van der Waals surface area contributed by atoms with Gasteiger partial charge in [-0.2, -0.15) is 0 Å². The van der Waals surface area contributed by atoms with E-state index in [0.29, 0.717) is 42.6 Å². The third kappa shape index (κ3) is 6.30. The fraction of sp³-hybridized carbons (Fsp3) is 0.480. The molecule has 0 spiro atoms. The van der Waals surface area contributed by atoms with Crippen molar-refractivity contribution in [1.29, 1.82) is 0 Å². The Morgan fingerprint density at radius 3 is 2.48 bits per heavy atom. The third-order valence-corrected chi connectivity index (χ3v) is 5.95. The van der Waals surface area contributed by atoms with Crippen molar-refractivity contribution >= 4 is 5.91 Å². The number of hydrogen-bond donors (Lipinski definition) is 2. The lowest BCUT2D eigenvalue weighted by Gasteiger charge is -2.29. The Bertz CT molecular complexity index is 914. The van der Waals surface area contributed by atoms with Gasteiger partial charge in [-0.15, -0.1) is 0 Å².